The molecule has 0 saturated carbocycles. The summed E-state index contributed by atoms with van der Waals surface area (Å²) >= 11 is 5.89. The van der Waals surface area contributed by atoms with Crippen LogP contribution in [0.5, 0.6) is 11.5 Å². The average molecular weight is 322 g/mol. The monoisotopic (exact) mass is 321 g/mol. The Kier molecular flexibility index (Phi) is 6.07. The lowest BCUT2D eigenvalue weighted by Gasteiger charge is -2.17. The molecule has 0 bridgehead atoms. The van der Waals surface area contributed by atoms with E-state index in [0.29, 0.717) is 11.6 Å². The second-order valence-corrected chi connectivity index (χ2v) is 5.32. The van der Waals surface area contributed by atoms with Crippen LogP contribution in [0.3, 0.4) is 0 Å². The lowest BCUT2D eigenvalue weighted by atomic mass is 10.1. The van der Waals surface area contributed by atoms with Crippen LogP contribution in [0.15, 0.2) is 42.5 Å². The molecule has 0 aliphatic carbocycles. The molecule has 2 rings (SSSR count). The molecule has 118 valence electrons. The van der Waals surface area contributed by atoms with Gasteiger partial charge in [0.2, 0.25) is 0 Å². The maximum Gasteiger partial charge on any atom is 0.122 e. The minimum atomic E-state index is -0.158. The number of hydrogen-bond acceptors (Lipinski definition) is 4. The molecule has 22 heavy (non-hydrogen) atoms. The second-order valence-electron chi connectivity index (χ2n) is 4.89. The number of aliphatic hydroxyl groups excluding tert-OH is 1. The van der Waals surface area contributed by atoms with Gasteiger partial charge in [-0.2, -0.15) is 0 Å². The summed E-state index contributed by atoms with van der Waals surface area (Å²) < 4.78 is 10.5. The number of aliphatic hydroxyl groups is 1. The van der Waals surface area contributed by atoms with Crippen molar-refractivity contribution < 1.29 is 14.6 Å². The molecule has 0 radical (unpaired) electrons. The van der Waals surface area contributed by atoms with Crippen LogP contribution < -0.4 is 14.8 Å². The van der Waals surface area contributed by atoms with Crippen molar-refractivity contribution in [3.05, 3.63) is 58.6 Å². The van der Waals surface area contributed by atoms with E-state index in [4.69, 9.17) is 21.1 Å². The van der Waals surface area contributed by atoms with Gasteiger partial charge in [0.1, 0.15) is 11.5 Å². The summed E-state index contributed by atoms with van der Waals surface area (Å²) in [6.07, 6.45) is 0. The highest BCUT2D eigenvalue weighted by Crippen LogP contribution is 2.23. The lowest BCUT2D eigenvalue weighted by molar-refractivity contribution is 0.243. The number of benzene rings is 2. The van der Waals surface area contributed by atoms with Crippen LogP contribution >= 0.6 is 11.6 Å². The highest BCUT2D eigenvalue weighted by atomic mass is 35.5. The van der Waals surface area contributed by atoms with Gasteiger partial charge >= 0.3 is 0 Å². The summed E-state index contributed by atoms with van der Waals surface area (Å²) in [6.45, 7) is 0.587. The third-order valence-corrected chi connectivity index (χ3v) is 3.67. The zero-order valence-electron chi connectivity index (χ0n) is 12.7. The fourth-order valence-electron chi connectivity index (χ4n) is 2.19. The maximum absolute atomic E-state index is 9.58. The van der Waals surface area contributed by atoms with Crippen molar-refractivity contribution in [2.24, 2.45) is 0 Å². The predicted octanol–water partition coefficient (Wildman–Crippen LogP) is 3.18. The van der Waals surface area contributed by atoms with Crippen LogP contribution in [0.4, 0.5) is 0 Å². The Morgan fingerprint density at radius 1 is 1.05 bits per heavy atom. The molecule has 1 atom stereocenters. The summed E-state index contributed by atoms with van der Waals surface area (Å²) in [7, 11) is 3.24. The normalized spacial score (nSPS) is 12.0. The number of halogens is 1. The molecule has 2 N–H and O–H groups in total. The Morgan fingerprint density at radius 3 is 2.14 bits per heavy atom. The molecule has 0 aliphatic heterocycles. The maximum atomic E-state index is 9.58. The van der Waals surface area contributed by atoms with Crippen molar-refractivity contribution in [3.63, 3.8) is 0 Å². The molecule has 0 fully saturated rings. The Labute approximate surface area is 135 Å². The molecule has 0 aromatic heterocycles. The van der Waals surface area contributed by atoms with Gasteiger partial charge in [0.25, 0.3) is 0 Å². The molecule has 1 unspecified atom stereocenters. The van der Waals surface area contributed by atoms with Gasteiger partial charge in [-0.05, 0) is 35.4 Å². The molecule has 0 amide bonds. The van der Waals surface area contributed by atoms with E-state index in [9.17, 15) is 5.11 Å². The van der Waals surface area contributed by atoms with Crippen molar-refractivity contribution in [2.45, 2.75) is 12.6 Å². The first-order chi connectivity index (χ1) is 10.7. The smallest absolute Gasteiger partial charge is 0.122 e. The van der Waals surface area contributed by atoms with Crippen molar-refractivity contribution in [3.8, 4) is 11.5 Å². The Bertz CT molecular complexity index is 579. The molecule has 2 aromatic rings. The summed E-state index contributed by atoms with van der Waals surface area (Å²) in [6, 6.07) is 13.0. The van der Waals surface area contributed by atoms with Crippen molar-refractivity contribution in [1.82, 2.24) is 5.32 Å². The molecule has 0 spiro atoms. The first-order valence-corrected chi connectivity index (χ1v) is 7.35. The molecule has 2 aromatic carbocycles. The fourth-order valence-corrected chi connectivity index (χ4v) is 2.32. The largest absolute Gasteiger partial charge is 0.497 e. The molecular formula is C17H20ClNO3. The summed E-state index contributed by atoms with van der Waals surface area (Å²) in [5.41, 5.74) is 2.00. The van der Waals surface area contributed by atoms with Gasteiger partial charge in [0, 0.05) is 17.6 Å². The van der Waals surface area contributed by atoms with Gasteiger partial charge in [0.05, 0.1) is 26.9 Å². The minimum Gasteiger partial charge on any atom is -0.497 e. The average Bonchev–Trinajstić information content (AvgIpc) is 2.56. The summed E-state index contributed by atoms with van der Waals surface area (Å²) in [4.78, 5) is 0. The Balaban J connectivity index is 2.08. The van der Waals surface area contributed by atoms with Gasteiger partial charge in [-0.25, -0.2) is 0 Å². The number of methoxy groups -OCH3 is 2. The van der Waals surface area contributed by atoms with E-state index < -0.39 is 0 Å². The second kappa shape index (κ2) is 8.03. The van der Waals surface area contributed by atoms with E-state index in [1.807, 2.05) is 42.5 Å². The van der Waals surface area contributed by atoms with Gasteiger partial charge in [-0.3, -0.25) is 0 Å². The predicted molar refractivity (Wildman–Crippen MR) is 87.7 cm³/mol. The van der Waals surface area contributed by atoms with Crippen molar-refractivity contribution in [2.75, 3.05) is 20.8 Å². The highest BCUT2D eigenvalue weighted by Gasteiger charge is 2.10. The van der Waals surface area contributed by atoms with E-state index in [1.165, 1.54) is 0 Å². The van der Waals surface area contributed by atoms with Gasteiger partial charge in [-0.1, -0.05) is 23.7 Å². The summed E-state index contributed by atoms with van der Waals surface area (Å²) in [5, 5.41) is 13.6. The summed E-state index contributed by atoms with van der Waals surface area (Å²) in [5.74, 6) is 1.48. The number of nitrogens with one attached hydrogen (secondary N) is 1. The van der Waals surface area contributed by atoms with Crippen LogP contribution in [0.25, 0.3) is 0 Å². The van der Waals surface area contributed by atoms with Crippen molar-refractivity contribution >= 4 is 11.6 Å². The fraction of sp³-hybridized carbons (Fsp3) is 0.294. The molecule has 0 heterocycles. The molecule has 4 nitrogen and oxygen atoms in total. The van der Waals surface area contributed by atoms with Crippen LogP contribution in [0.2, 0.25) is 5.02 Å². The molecule has 0 saturated heterocycles. The zero-order chi connectivity index (χ0) is 15.9. The number of hydrogen-bond donors (Lipinski definition) is 2. The van der Waals surface area contributed by atoms with Crippen LogP contribution in [-0.4, -0.2) is 25.9 Å². The third kappa shape index (κ3) is 4.37. The Morgan fingerprint density at radius 2 is 1.64 bits per heavy atom. The number of rotatable bonds is 7. The Hall–Kier alpha value is -1.75. The number of ether oxygens (including phenoxy) is 2. The van der Waals surface area contributed by atoms with Gasteiger partial charge in [0.15, 0.2) is 0 Å². The molecular weight excluding hydrogens is 302 g/mol. The first kappa shape index (κ1) is 16.6. The van der Waals surface area contributed by atoms with E-state index >= 15 is 0 Å². The minimum absolute atomic E-state index is 0.00271. The van der Waals surface area contributed by atoms with E-state index in [1.54, 1.807) is 14.2 Å². The van der Waals surface area contributed by atoms with Crippen molar-refractivity contribution in [1.29, 1.82) is 0 Å². The lowest BCUT2D eigenvalue weighted by Crippen LogP contribution is -2.24. The van der Waals surface area contributed by atoms with Crippen LogP contribution in [0, 0.1) is 0 Å². The van der Waals surface area contributed by atoms with Crippen LogP contribution in [0.1, 0.15) is 17.2 Å². The van der Waals surface area contributed by atoms with E-state index in [-0.39, 0.29) is 12.6 Å². The first-order valence-electron chi connectivity index (χ1n) is 6.98. The van der Waals surface area contributed by atoms with E-state index in [0.717, 1.165) is 22.6 Å². The SMILES string of the molecule is COc1cc(CNC(CO)c2ccc(Cl)cc2)cc(OC)c1. The third-order valence-electron chi connectivity index (χ3n) is 3.42. The zero-order valence-corrected chi connectivity index (χ0v) is 13.4. The van der Waals surface area contributed by atoms with E-state index in [2.05, 4.69) is 5.32 Å². The standard InChI is InChI=1S/C17H20ClNO3/c1-21-15-7-12(8-16(9-15)22-2)10-19-17(11-20)13-3-5-14(18)6-4-13/h3-9,17,19-20H,10-11H2,1-2H3. The van der Waals surface area contributed by atoms with Crippen LogP contribution in [-0.2, 0) is 6.54 Å². The van der Waals surface area contributed by atoms with Gasteiger partial charge in [-0.15, -0.1) is 0 Å². The topological polar surface area (TPSA) is 50.7 Å². The quantitative estimate of drug-likeness (QED) is 0.822. The molecule has 0 aliphatic rings. The molecule has 5 heteroatoms. The highest BCUT2D eigenvalue weighted by molar-refractivity contribution is 6.30. The van der Waals surface area contributed by atoms with Gasteiger partial charge < -0.3 is 19.9 Å².